The highest BCUT2D eigenvalue weighted by molar-refractivity contribution is 7.13. The van der Waals surface area contributed by atoms with Gasteiger partial charge in [-0.15, -0.1) is 11.3 Å². The fourth-order valence-corrected chi connectivity index (χ4v) is 3.30. The predicted molar refractivity (Wildman–Crippen MR) is 97.6 cm³/mol. The molecule has 2 aromatic rings. The van der Waals surface area contributed by atoms with Gasteiger partial charge in [-0.05, 0) is 30.7 Å². The number of hydrogen-bond acceptors (Lipinski definition) is 5. The first kappa shape index (κ1) is 16.5. The van der Waals surface area contributed by atoms with Gasteiger partial charge in [0.1, 0.15) is 5.75 Å². The number of thiazole rings is 1. The molecule has 126 valence electrons. The van der Waals surface area contributed by atoms with Crippen LogP contribution in [0.3, 0.4) is 0 Å². The summed E-state index contributed by atoms with van der Waals surface area (Å²) < 4.78 is 5.41. The molecule has 1 aromatic carbocycles. The van der Waals surface area contributed by atoms with E-state index in [0.717, 1.165) is 42.6 Å². The van der Waals surface area contributed by atoms with Crippen molar-refractivity contribution in [1.82, 2.24) is 9.88 Å². The van der Waals surface area contributed by atoms with E-state index < -0.39 is 0 Å². The van der Waals surface area contributed by atoms with E-state index in [4.69, 9.17) is 4.74 Å². The van der Waals surface area contributed by atoms with Crippen molar-refractivity contribution in [3.8, 4) is 5.75 Å². The molecule has 1 aliphatic rings. The molecule has 0 aliphatic carbocycles. The summed E-state index contributed by atoms with van der Waals surface area (Å²) in [5.41, 5.74) is 0.994. The summed E-state index contributed by atoms with van der Waals surface area (Å²) in [6.45, 7) is 5.73. The average molecular weight is 343 g/mol. The molecule has 5 nitrogen and oxygen atoms in total. The van der Waals surface area contributed by atoms with E-state index in [1.54, 1.807) is 17.4 Å². The third kappa shape index (κ3) is 4.14. The highest BCUT2D eigenvalue weighted by atomic mass is 32.1. The van der Waals surface area contributed by atoms with E-state index in [1.807, 2.05) is 53.7 Å². The van der Waals surface area contributed by atoms with Crippen LogP contribution in [-0.2, 0) is 4.79 Å². The topological polar surface area (TPSA) is 45.7 Å². The molecule has 0 radical (unpaired) electrons. The van der Waals surface area contributed by atoms with Gasteiger partial charge in [-0.1, -0.05) is 12.1 Å². The average Bonchev–Trinajstić information content (AvgIpc) is 3.16. The standard InChI is InChI=1S/C18H21N3O2S/c1-2-23-16-6-3-15(4-7-16)5-8-17(22)20-10-12-21(13-11-20)18-19-9-14-24-18/h3-9,14H,2,10-13H2,1H3/b8-5+. The number of piperazine rings is 1. The number of rotatable bonds is 5. The lowest BCUT2D eigenvalue weighted by Gasteiger charge is -2.34. The van der Waals surface area contributed by atoms with Crippen molar-refractivity contribution in [1.29, 1.82) is 0 Å². The fourth-order valence-electron chi connectivity index (χ4n) is 2.60. The third-order valence-electron chi connectivity index (χ3n) is 3.89. The van der Waals surface area contributed by atoms with Gasteiger partial charge in [-0.2, -0.15) is 0 Å². The summed E-state index contributed by atoms with van der Waals surface area (Å²) >= 11 is 1.64. The number of benzene rings is 1. The molecule has 1 aromatic heterocycles. The molecule has 0 atom stereocenters. The van der Waals surface area contributed by atoms with Gasteiger partial charge >= 0.3 is 0 Å². The Kier molecular flexibility index (Phi) is 5.48. The van der Waals surface area contributed by atoms with Crippen LogP contribution < -0.4 is 9.64 Å². The van der Waals surface area contributed by atoms with Crippen molar-refractivity contribution in [2.24, 2.45) is 0 Å². The van der Waals surface area contributed by atoms with Gasteiger partial charge in [0, 0.05) is 43.8 Å². The molecule has 0 bridgehead atoms. The first-order valence-electron chi connectivity index (χ1n) is 8.10. The summed E-state index contributed by atoms with van der Waals surface area (Å²) in [5, 5.41) is 3.01. The molecular weight excluding hydrogens is 322 g/mol. The van der Waals surface area contributed by atoms with Crippen LogP contribution in [0.2, 0.25) is 0 Å². The maximum Gasteiger partial charge on any atom is 0.246 e. The van der Waals surface area contributed by atoms with Gasteiger partial charge in [0.05, 0.1) is 6.61 Å². The first-order valence-corrected chi connectivity index (χ1v) is 8.98. The van der Waals surface area contributed by atoms with Crippen molar-refractivity contribution in [2.75, 3.05) is 37.7 Å². The smallest absolute Gasteiger partial charge is 0.246 e. The van der Waals surface area contributed by atoms with Crippen LogP contribution in [0, 0.1) is 0 Å². The normalized spacial score (nSPS) is 15.0. The maximum absolute atomic E-state index is 12.3. The van der Waals surface area contributed by atoms with Crippen molar-refractivity contribution >= 4 is 28.5 Å². The largest absolute Gasteiger partial charge is 0.494 e. The zero-order chi connectivity index (χ0) is 16.8. The highest BCUT2D eigenvalue weighted by Crippen LogP contribution is 2.19. The van der Waals surface area contributed by atoms with E-state index in [2.05, 4.69) is 9.88 Å². The Morgan fingerprint density at radius 1 is 1.25 bits per heavy atom. The second kappa shape index (κ2) is 7.97. The van der Waals surface area contributed by atoms with Crippen LogP contribution in [0.25, 0.3) is 6.08 Å². The summed E-state index contributed by atoms with van der Waals surface area (Å²) in [6.07, 6.45) is 5.32. The van der Waals surface area contributed by atoms with E-state index in [-0.39, 0.29) is 5.91 Å². The molecule has 1 amide bonds. The Morgan fingerprint density at radius 3 is 2.62 bits per heavy atom. The molecule has 0 N–H and O–H groups in total. The molecule has 6 heteroatoms. The molecule has 1 fully saturated rings. The molecule has 0 unspecified atom stereocenters. The number of carbonyl (C=O) groups excluding carboxylic acids is 1. The zero-order valence-electron chi connectivity index (χ0n) is 13.7. The number of hydrogen-bond donors (Lipinski definition) is 0. The van der Waals surface area contributed by atoms with Gasteiger partial charge in [0.15, 0.2) is 5.13 Å². The van der Waals surface area contributed by atoms with Gasteiger partial charge < -0.3 is 14.5 Å². The maximum atomic E-state index is 12.3. The van der Waals surface area contributed by atoms with Crippen LogP contribution in [0.15, 0.2) is 41.9 Å². The minimum Gasteiger partial charge on any atom is -0.494 e. The fraction of sp³-hybridized carbons (Fsp3) is 0.333. The minimum atomic E-state index is 0.0580. The summed E-state index contributed by atoms with van der Waals surface area (Å²) in [4.78, 5) is 20.8. The van der Waals surface area contributed by atoms with Gasteiger partial charge in [0.25, 0.3) is 0 Å². The van der Waals surface area contributed by atoms with E-state index in [1.165, 1.54) is 0 Å². The predicted octanol–water partition coefficient (Wildman–Crippen LogP) is 2.90. The molecule has 24 heavy (non-hydrogen) atoms. The number of ether oxygens (including phenoxy) is 1. The van der Waals surface area contributed by atoms with Crippen molar-refractivity contribution < 1.29 is 9.53 Å². The molecule has 1 aliphatic heterocycles. The highest BCUT2D eigenvalue weighted by Gasteiger charge is 2.20. The lowest BCUT2D eigenvalue weighted by atomic mass is 10.2. The SMILES string of the molecule is CCOc1ccc(/C=C/C(=O)N2CCN(c3nccs3)CC2)cc1. The quantitative estimate of drug-likeness (QED) is 0.783. The molecule has 1 saturated heterocycles. The van der Waals surface area contributed by atoms with Crippen molar-refractivity contribution in [3.05, 3.63) is 47.5 Å². The van der Waals surface area contributed by atoms with Crippen molar-refractivity contribution in [3.63, 3.8) is 0 Å². The van der Waals surface area contributed by atoms with E-state index in [9.17, 15) is 4.79 Å². The van der Waals surface area contributed by atoms with Gasteiger partial charge in [0.2, 0.25) is 5.91 Å². The molecular formula is C18H21N3O2S. The number of nitrogens with zero attached hydrogens (tertiary/aromatic N) is 3. The van der Waals surface area contributed by atoms with Crippen LogP contribution in [-0.4, -0.2) is 48.6 Å². The summed E-state index contributed by atoms with van der Waals surface area (Å²) in [7, 11) is 0. The zero-order valence-corrected chi connectivity index (χ0v) is 14.5. The van der Waals surface area contributed by atoms with Gasteiger partial charge in [-0.3, -0.25) is 4.79 Å². The summed E-state index contributed by atoms with van der Waals surface area (Å²) in [6, 6.07) is 7.74. The lowest BCUT2D eigenvalue weighted by molar-refractivity contribution is -0.126. The number of carbonyl (C=O) groups is 1. The summed E-state index contributed by atoms with van der Waals surface area (Å²) in [5.74, 6) is 0.905. The van der Waals surface area contributed by atoms with E-state index >= 15 is 0 Å². The lowest BCUT2D eigenvalue weighted by Crippen LogP contribution is -2.48. The Balaban J connectivity index is 1.52. The second-order valence-corrected chi connectivity index (χ2v) is 6.34. The Hall–Kier alpha value is -2.34. The van der Waals surface area contributed by atoms with Crippen molar-refractivity contribution in [2.45, 2.75) is 6.92 Å². The number of anilines is 1. The van der Waals surface area contributed by atoms with Crippen LogP contribution in [0.4, 0.5) is 5.13 Å². The van der Waals surface area contributed by atoms with E-state index in [0.29, 0.717) is 6.61 Å². The van der Waals surface area contributed by atoms with Crippen LogP contribution >= 0.6 is 11.3 Å². The third-order valence-corrected chi connectivity index (χ3v) is 4.72. The Labute approximate surface area is 146 Å². The molecule has 0 saturated carbocycles. The second-order valence-electron chi connectivity index (χ2n) is 5.46. The Bertz CT molecular complexity index is 675. The number of aromatic nitrogens is 1. The molecule has 0 spiro atoms. The number of amides is 1. The minimum absolute atomic E-state index is 0.0580. The van der Waals surface area contributed by atoms with Gasteiger partial charge in [-0.25, -0.2) is 4.98 Å². The first-order chi connectivity index (χ1) is 11.8. The Morgan fingerprint density at radius 2 is 2.00 bits per heavy atom. The van der Waals surface area contributed by atoms with Crippen LogP contribution in [0.5, 0.6) is 5.75 Å². The van der Waals surface area contributed by atoms with Crippen LogP contribution in [0.1, 0.15) is 12.5 Å². The monoisotopic (exact) mass is 343 g/mol. The molecule has 3 rings (SSSR count). The molecule has 2 heterocycles.